The van der Waals surface area contributed by atoms with Crippen LogP contribution in [0.4, 0.5) is 0 Å². The van der Waals surface area contributed by atoms with E-state index in [0.717, 1.165) is 12.1 Å². The van der Waals surface area contributed by atoms with E-state index in [0.29, 0.717) is 10.1 Å². The molecule has 0 aliphatic carbocycles. The normalized spacial score (nSPS) is 18.3. The molecular formula is C41H51N3Sn. The Morgan fingerprint density at radius 3 is 1.51 bits per heavy atom. The van der Waals surface area contributed by atoms with Gasteiger partial charge in [0, 0.05) is 0 Å². The molecule has 45 heavy (non-hydrogen) atoms. The molecule has 1 aliphatic heterocycles. The van der Waals surface area contributed by atoms with Crippen LogP contribution in [0.1, 0.15) is 76.0 Å². The Kier molecular flexibility index (Phi) is 10.5. The average Bonchev–Trinajstić information content (AvgIpc) is 3.67. The zero-order valence-corrected chi connectivity index (χ0v) is 30.5. The van der Waals surface area contributed by atoms with Gasteiger partial charge < -0.3 is 0 Å². The van der Waals surface area contributed by atoms with Crippen LogP contribution in [0.3, 0.4) is 0 Å². The summed E-state index contributed by atoms with van der Waals surface area (Å²) in [7, 11) is 0. The summed E-state index contributed by atoms with van der Waals surface area (Å²) < 4.78 is 7.63. The van der Waals surface area contributed by atoms with Gasteiger partial charge in [-0.2, -0.15) is 0 Å². The van der Waals surface area contributed by atoms with Gasteiger partial charge in [0.2, 0.25) is 0 Å². The Morgan fingerprint density at radius 2 is 1.04 bits per heavy atom. The minimum absolute atomic E-state index is 0.359. The molecule has 0 saturated carbocycles. The number of unbranched alkanes of at least 4 members (excludes halogenated alkanes) is 3. The van der Waals surface area contributed by atoms with Gasteiger partial charge in [-0.25, -0.2) is 0 Å². The van der Waals surface area contributed by atoms with E-state index in [1.165, 1.54) is 74.0 Å². The molecule has 4 aromatic carbocycles. The molecule has 234 valence electrons. The fourth-order valence-electron chi connectivity index (χ4n) is 8.38. The van der Waals surface area contributed by atoms with Gasteiger partial charge in [0.1, 0.15) is 0 Å². The second kappa shape index (κ2) is 14.7. The topological polar surface area (TPSA) is 20.8 Å². The Hall–Kier alpha value is -2.89. The van der Waals surface area contributed by atoms with Crippen LogP contribution in [0, 0.1) is 0 Å². The molecule has 2 heterocycles. The van der Waals surface area contributed by atoms with Crippen LogP contribution in [0.25, 0.3) is 11.0 Å². The van der Waals surface area contributed by atoms with Crippen molar-refractivity contribution in [2.75, 3.05) is 0 Å². The zero-order valence-electron chi connectivity index (χ0n) is 27.6. The molecule has 0 N–H and O–H groups in total. The Labute approximate surface area is 275 Å². The Bertz CT molecular complexity index is 1500. The standard InChI is InChI=1S/C29H24N3.3C4H9.Sn/c1-4-12-23(13-5-1)29(24-14-6-2-7-15-24,25-16-8-3-9-17-25)32-21-26(32)20-31-22-30-27-18-10-11-19-28(27)31;3*1-3-4-2;/h1-19,21-22,26H,20H2;3*1,3-4H2,2H3;/t26-,32?;;;;/m0..../s1. The van der Waals surface area contributed by atoms with E-state index in [9.17, 15) is 0 Å². The Morgan fingerprint density at radius 1 is 0.600 bits per heavy atom. The quantitative estimate of drug-likeness (QED) is 0.0579. The molecule has 3 atom stereocenters. The Balaban J connectivity index is 1.60. The van der Waals surface area contributed by atoms with Crippen LogP contribution in [-0.4, -0.2) is 42.9 Å². The first-order valence-electron chi connectivity index (χ1n) is 17.5. The van der Waals surface area contributed by atoms with Gasteiger partial charge in [-0.3, -0.25) is 0 Å². The van der Waals surface area contributed by atoms with Crippen molar-refractivity contribution < 1.29 is 0 Å². The third-order valence-corrected chi connectivity index (χ3v) is 27.5. The molecule has 1 saturated heterocycles. The number of hydrogen-bond acceptors (Lipinski definition) is 2. The first-order chi connectivity index (χ1) is 22.2. The summed E-state index contributed by atoms with van der Waals surface area (Å²) in [5, 5.41) is 0. The van der Waals surface area contributed by atoms with Crippen LogP contribution in [0.2, 0.25) is 13.3 Å². The summed E-state index contributed by atoms with van der Waals surface area (Å²) in [5.74, 6) is 0. The first-order valence-corrected chi connectivity index (χ1v) is 25.2. The molecule has 1 aromatic heterocycles. The van der Waals surface area contributed by atoms with Crippen LogP contribution >= 0.6 is 0 Å². The summed E-state index contributed by atoms with van der Waals surface area (Å²) in [6.07, 6.45) is 10.1. The number of hydrogen-bond donors (Lipinski definition) is 0. The van der Waals surface area contributed by atoms with E-state index in [1.54, 1.807) is 0 Å². The molecule has 0 bridgehead atoms. The second-order valence-electron chi connectivity index (χ2n) is 13.3. The van der Waals surface area contributed by atoms with E-state index in [1.807, 2.05) is 0 Å². The minimum atomic E-state index is -2.80. The molecule has 5 aromatic rings. The number of imidazole rings is 1. The number of benzene rings is 4. The fourth-order valence-corrected chi connectivity index (χ4v) is 27.7. The van der Waals surface area contributed by atoms with Crippen molar-refractivity contribution in [3.63, 3.8) is 0 Å². The molecule has 0 amide bonds. The van der Waals surface area contributed by atoms with Crippen LogP contribution < -0.4 is 0 Å². The fraction of sp³-hybridized carbons (Fsp3) is 0.390. The van der Waals surface area contributed by atoms with Gasteiger partial charge in [-0.05, 0) is 0 Å². The molecule has 0 spiro atoms. The maximum atomic E-state index is 4.86. The number of para-hydroxylation sites is 2. The van der Waals surface area contributed by atoms with Crippen LogP contribution in [0.15, 0.2) is 122 Å². The van der Waals surface area contributed by atoms with Gasteiger partial charge in [-0.15, -0.1) is 0 Å². The predicted octanol–water partition coefficient (Wildman–Crippen LogP) is 10.5. The predicted molar refractivity (Wildman–Crippen MR) is 193 cm³/mol. The number of nitrogens with zero attached hydrogens (tertiary/aromatic N) is 3. The molecule has 4 heteroatoms. The van der Waals surface area contributed by atoms with Gasteiger partial charge in [0.05, 0.1) is 0 Å². The summed E-state index contributed by atoms with van der Waals surface area (Å²) in [6, 6.07) is 43.5. The van der Waals surface area contributed by atoms with Crippen molar-refractivity contribution in [3.05, 3.63) is 138 Å². The molecule has 1 fully saturated rings. The van der Waals surface area contributed by atoms with Crippen molar-refractivity contribution >= 4 is 29.4 Å². The molecule has 6 rings (SSSR count). The summed E-state index contributed by atoms with van der Waals surface area (Å²) in [6.45, 7) is 8.19. The molecular weight excluding hydrogens is 653 g/mol. The summed E-state index contributed by atoms with van der Waals surface area (Å²) >= 11 is -2.80. The van der Waals surface area contributed by atoms with E-state index >= 15 is 0 Å². The first kappa shape index (κ1) is 32.1. The van der Waals surface area contributed by atoms with Crippen LogP contribution in [0.5, 0.6) is 0 Å². The third-order valence-electron chi connectivity index (χ3n) is 10.5. The van der Waals surface area contributed by atoms with Crippen molar-refractivity contribution in [1.29, 1.82) is 0 Å². The van der Waals surface area contributed by atoms with E-state index < -0.39 is 18.4 Å². The van der Waals surface area contributed by atoms with Crippen LogP contribution in [-0.2, 0) is 12.1 Å². The van der Waals surface area contributed by atoms with Gasteiger partial charge in [-0.1, -0.05) is 0 Å². The second-order valence-corrected chi connectivity index (χ2v) is 27.0. The van der Waals surface area contributed by atoms with Crippen molar-refractivity contribution in [2.45, 2.75) is 94.8 Å². The summed E-state index contributed by atoms with van der Waals surface area (Å²) in [4.78, 5) is 7.91. The molecule has 1 unspecified atom stereocenters. The average molecular weight is 705 g/mol. The summed E-state index contributed by atoms with van der Waals surface area (Å²) in [5.41, 5.74) is 6.14. The molecule has 0 radical (unpaired) electrons. The molecule has 1 aliphatic rings. The van der Waals surface area contributed by atoms with Crippen molar-refractivity contribution in [3.8, 4) is 0 Å². The van der Waals surface area contributed by atoms with Gasteiger partial charge in [0.25, 0.3) is 0 Å². The maximum absolute atomic E-state index is 4.86. The van der Waals surface area contributed by atoms with E-state index in [4.69, 9.17) is 4.98 Å². The monoisotopic (exact) mass is 705 g/mol. The molecule has 3 nitrogen and oxygen atoms in total. The van der Waals surface area contributed by atoms with Gasteiger partial charge in [0.15, 0.2) is 0 Å². The number of fused-ring (bicyclic) bond motifs is 1. The zero-order chi connectivity index (χ0) is 31.1. The van der Waals surface area contributed by atoms with E-state index in [-0.39, 0.29) is 5.54 Å². The number of aromatic nitrogens is 2. The van der Waals surface area contributed by atoms with E-state index in [2.05, 4.69) is 152 Å². The SMILES string of the molecule is CCC[CH2][Sn]([CH2]CCC)([CH2]CCC)[C@@H]1[C@H](Cn2cnc3ccccc32)N1C(c1ccccc1)(c1ccccc1)c1ccccc1. The van der Waals surface area contributed by atoms with Crippen molar-refractivity contribution in [2.24, 2.45) is 0 Å². The van der Waals surface area contributed by atoms with Crippen molar-refractivity contribution in [1.82, 2.24) is 14.5 Å². The van der Waals surface area contributed by atoms with Gasteiger partial charge >= 0.3 is 277 Å². The third kappa shape index (κ3) is 6.27. The number of rotatable bonds is 16.